The Morgan fingerprint density at radius 3 is 1.89 bits per heavy atom. The lowest BCUT2D eigenvalue weighted by molar-refractivity contribution is 0.768. The largest absolute Gasteiger partial charge is 0.309 e. The van der Waals surface area contributed by atoms with Crippen molar-refractivity contribution in [1.82, 2.24) is 4.57 Å². The first-order chi connectivity index (χ1) is 30.3. The van der Waals surface area contributed by atoms with E-state index in [1.807, 2.05) is 0 Å². The van der Waals surface area contributed by atoms with Crippen LogP contribution in [0.4, 0.5) is 17.1 Å². The van der Waals surface area contributed by atoms with Crippen molar-refractivity contribution in [3.63, 3.8) is 0 Å². The Labute approximate surface area is 356 Å². The van der Waals surface area contributed by atoms with Gasteiger partial charge in [-0.15, -0.1) is 0 Å². The van der Waals surface area contributed by atoms with E-state index < -0.39 is 0 Å². The summed E-state index contributed by atoms with van der Waals surface area (Å²) in [5.41, 5.74) is 20.7. The van der Waals surface area contributed by atoms with Crippen molar-refractivity contribution in [2.24, 2.45) is 0 Å². The summed E-state index contributed by atoms with van der Waals surface area (Å²) in [6, 6.07) is 67.9. The number of aromatic nitrogens is 1. The number of hydrogen-bond donors (Lipinski definition) is 0. The molecule has 8 aromatic carbocycles. The quantitative estimate of drug-likeness (QED) is 0.169. The molecule has 2 nitrogen and oxygen atoms in total. The van der Waals surface area contributed by atoms with Crippen LogP contribution in [-0.4, -0.2) is 4.57 Å². The molecule has 0 fully saturated rings. The molecular formula is C59H42N2. The van der Waals surface area contributed by atoms with Crippen molar-refractivity contribution >= 4 is 60.8 Å². The molecule has 4 aliphatic carbocycles. The van der Waals surface area contributed by atoms with E-state index in [9.17, 15) is 0 Å². The zero-order valence-corrected chi connectivity index (χ0v) is 33.9. The third-order valence-electron chi connectivity index (χ3n) is 13.9. The second-order valence-corrected chi connectivity index (χ2v) is 16.9. The van der Waals surface area contributed by atoms with Gasteiger partial charge in [-0.05, 0) is 123 Å². The average molecular weight is 779 g/mol. The Balaban J connectivity index is 1.14. The predicted octanol–water partition coefficient (Wildman–Crippen LogP) is 15.6. The van der Waals surface area contributed by atoms with E-state index >= 15 is 0 Å². The third kappa shape index (κ3) is 4.79. The number of benzene rings is 8. The van der Waals surface area contributed by atoms with Gasteiger partial charge in [-0.3, -0.25) is 0 Å². The van der Waals surface area contributed by atoms with Crippen LogP contribution < -0.4 is 4.90 Å². The van der Waals surface area contributed by atoms with Crippen LogP contribution in [0.15, 0.2) is 217 Å². The summed E-state index contributed by atoms with van der Waals surface area (Å²) in [6.07, 6.45) is 14.0. The monoisotopic (exact) mass is 778 g/mol. The lowest BCUT2D eigenvalue weighted by Crippen LogP contribution is -2.28. The summed E-state index contributed by atoms with van der Waals surface area (Å²) in [7, 11) is 0. The fourth-order valence-corrected chi connectivity index (χ4v) is 11.6. The normalized spacial score (nSPS) is 17.4. The van der Waals surface area contributed by atoms with Crippen molar-refractivity contribution in [3.05, 3.63) is 240 Å². The Bertz CT molecular complexity index is 3370. The summed E-state index contributed by atoms with van der Waals surface area (Å²) in [6.45, 7) is 0. The van der Waals surface area contributed by atoms with Crippen LogP contribution >= 0.6 is 0 Å². The van der Waals surface area contributed by atoms with Crippen molar-refractivity contribution in [2.75, 3.05) is 4.90 Å². The lowest BCUT2D eigenvalue weighted by Gasteiger charge is -2.35. The lowest BCUT2D eigenvalue weighted by atomic mass is 9.67. The van der Waals surface area contributed by atoms with E-state index in [0.717, 1.165) is 42.7 Å². The van der Waals surface area contributed by atoms with Crippen molar-refractivity contribution in [2.45, 2.75) is 31.1 Å². The topological polar surface area (TPSA) is 8.17 Å². The first kappa shape index (κ1) is 34.4. The zero-order valence-electron chi connectivity index (χ0n) is 33.9. The Kier molecular flexibility index (Phi) is 7.51. The van der Waals surface area contributed by atoms with Gasteiger partial charge in [0, 0.05) is 33.3 Å². The number of anilines is 3. The SMILES string of the molecule is C1=CC2=C(CC1)c1ccccc1C21C2=C(CCC=C2)c2c(N(c3cccc(-n4c5ccccc5c5ccccc54)c3)c3ccc4ccccc4c3-c3ccccc3)cccc21. The summed E-state index contributed by atoms with van der Waals surface area (Å²) in [5, 5.41) is 5.00. The van der Waals surface area contributed by atoms with E-state index in [1.54, 1.807) is 0 Å². The maximum absolute atomic E-state index is 2.60. The van der Waals surface area contributed by atoms with Gasteiger partial charge in [-0.1, -0.05) is 164 Å². The molecule has 1 heterocycles. The maximum atomic E-state index is 2.60. The number of nitrogens with zero attached hydrogens (tertiary/aromatic N) is 2. The number of rotatable bonds is 5. The minimum Gasteiger partial charge on any atom is -0.309 e. The number of para-hydroxylation sites is 2. The van der Waals surface area contributed by atoms with Crippen molar-refractivity contribution in [3.8, 4) is 16.8 Å². The first-order valence-electron chi connectivity index (χ1n) is 21.8. The minimum absolute atomic E-state index is 0.359. The highest BCUT2D eigenvalue weighted by Gasteiger charge is 2.54. The van der Waals surface area contributed by atoms with Gasteiger partial charge in [0.25, 0.3) is 0 Å². The second kappa shape index (κ2) is 13.3. The standard InChI is InChI=1S/C59H42N2/c1-2-19-40(20-3-1)57-43-23-5-4-18-39(43)36-37-56(57)61(42-22-16-21-41(38-42)60-53-33-14-9-26-46(53)47-27-10-15-34-54(47)60)55-35-17-32-52-58(55)48-28-8-13-31-51(48)59(52)49-29-11-6-24-44(49)45-25-7-12-30-50(45)59/h1-6,9-24,26-27,29-38H,7-8,25,28H2. The zero-order chi connectivity index (χ0) is 40.1. The van der Waals surface area contributed by atoms with Crippen LogP contribution in [0.1, 0.15) is 47.9 Å². The van der Waals surface area contributed by atoms with Gasteiger partial charge in [0.15, 0.2) is 0 Å². The Hall–Kier alpha value is -7.42. The highest BCUT2D eigenvalue weighted by Crippen LogP contribution is 2.65. The molecule has 1 spiro atoms. The molecule has 9 aromatic rings. The van der Waals surface area contributed by atoms with Gasteiger partial charge in [0.05, 0.1) is 27.8 Å². The highest BCUT2D eigenvalue weighted by atomic mass is 15.2. The Morgan fingerprint density at radius 1 is 0.459 bits per heavy atom. The van der Waals surface area contributed by atoms with Crippen LogP contribution in [-0.2, 0) is 5.41 Å². The molecule has 2 heteroatoms. The van der Waals surface area contributed by atoms with E-state index in [2.05, 4.69) is 216 Å². The number of hydrogen-bond acceptors (Lipinski definition) is 1. The van der Waals surface area contributed by atoms with Gasteiger partial charge < -0.3 is 9.47 Å². The minimum atomic E-state index is -0.359. The molecule has 0 radical (unpaired) electrons. The van der Waals surface area contributed by atoms with Crippen LogP contribution in [0.5, 0.6) is 0 Å². The molecule has 4 aliphatic rings. The molecule has 0 aliphatic heterocycles. The maximum Gasteiger partial charge on any atom is 0.0719 e. The summed E-state index contributed by atoms with van der Waals surface area (Å²) < 4.78 is 2.45. The van der Waals surface area contributed by atoms with E-state index in [0.29, 0.717) is 0 Å². The Morgan fingerprint density at radius 2 is 1.08 bits per heavy atom. The van der Waals surface area contributed by atoms with Crippen LogP contribution in [0.3, 0.4) is 0 Å². The molecule has 1 aromatic heterocycles. The van der Waals surface area contributed by atoms with Gasteiger partial charge >= 0.3 is 0 Å². The number of fused-ring (bicyclic) bond motifs is 12. The molecule has 13 rings (SSSR count). The van der Waals surface area contributed by atoms with Gasteiger partial charge in [0.2, 0.25) is 0 Å². The average Bonchev–Trinajstić information content (AvgIpc) is 3.94. The molecule has 0 saturated carbocycles. The van der Waals surface area contributed by atoms with Crippen LogP contribution in [0.25, 0.3) is 60.5 Å². The van der Waals surface area contributed by atoms with Gasteiger partial charge in [-0.2, -0.15) is 0 Å². The molecule has 0 amide bonds. The summed E-state index contributed by atoms with van der Waals surface area (Å²) in [4.78, 5) is 2.60. The number of allylic oxidation sites excluding steroid dienone is 8. The molecule has 1 unspecified atom stereocenters. The fourth-order valence-electron chi connectivity index (χ4n) is 11.6. The molecule has 61 heavy (non-hydrogen) atoms. The van der Waals surface area contributed by atoms with E-state index in [4.69, 9.17) is 0 Å². The predicted molar refractivity (Wildman–Crippen MR) is 256 cm³/mol. The van der Waals surface area contributed by atoms with E-state index in [-0.39, 0.29) is 5.41 Å². The molecule has 0 bridgehead atoms. The second-order valence-electron chi connectivity index (χ2n) is 16.9. The summed E-state index contributed by atoms with van der Waals surface area (Å²) in [5.74, 6) is 0. The molecule has 288 valence electrons. The van der Waals surface area contributed by atoms with Crippen LogP contribution in [0.2, 0.25) is 0 Å². The van der Waals surface area contributed by atoms with Gasteiger partial charge in [0.1, 0.15) is 0 Å². The molecule has 0 saturated heterocycles. The third-order valence-corrected chi connectivity index (χ3v) is 13.9. The smallest absolute Gasteiger partial charge is 0.0719 e. The van der Waals surface area contributed by atoms with E-state index in [1.165, 1.54) is 93.9 Å². The van der Waals surface area contributed by atoms with Crippen molar-refractivity contribution < 1.29 is 0 Å². The fraction of sp³-hybridized carbons (Fsp3) is 0.0847. The summed E-state index contributed by atoms with van der Waals surface area (Å²) >= 11 is 0. The molecule has 1 atom stereocenters. The molecular weight excluding hydrogens is 737 g/mol. The van der Waals surface area contributed by atoms with Gasteiger partial charge in [-0.25, -0.2) is 0 Å². The van der Waals surface area contributed by atoms with Crippen molar-refractivity contribution in [1.29, 1.82) is 0 Å². The highest BCUT2D eigenvalue weighted by molar-refractivity contribution is 6.10. The van der Waals surface area contributed by atoms with Crippen LogP contribution in [0, 0.1) is 0 Å². The first-order valence-corrected chi connectivity index (χ1v) is 21.8. The molecule has 0 N–H and O–H groups in total.